The van der Waals surface area contributed by atoms with Crippen molar-refractivity contribution in [2.75, 3.05) is 18.5 Å². The molecule has 1 amide bonds. The molecule has 0 atom stereocenters. The second kappa shape index (κ2) is 5.56. The molecule has 0 aliphatic carbocycles. The van der Waals surface area contributed by atoms with Gasteiger partial charge in [-0.2, -0.15) is 5.26 Å². The molecule has 5 nitrogen and oxygen atoms in total. The topological polar surface area (TPSA) is 88.1 Å². The molecule has 0 fully saturated rings. The predicted molar refractivity (Wildman–Crippen MR) is 55.1 cm³/mol. The quantitative estimate of drug-likeness (QED) is 0.751. The molecule has 0 heterocycles. The Kier molecular flexibility index (Phi) is 4.09. The molecule has 1 aromatic carbocycles. The molecule has 0 aliphatic rings. The van der Waals surface area contributed by atoms with Crippen LogP contribution in [0.3, 0.4) is 0 Å². The summed E-state index contributed by atoms with van der Waals surface area (Å²) in [6, 6.07) is 5.98. The first kappa shape index (κ1) is 11.8. The molecule has 0 spiro atoms. The number of nitriles is 1. The summed E-state index contributed by atoms with van der Waals surface area (Å²) in [7, 11) is 0. The summed E-state index contributed by atoms with van der Waals surface area (Å²) in [5.74, 6) is -0.594. The van der Waals surface area contributed by atoms with Gasteiger partial charge in [0.2, 0.25) is 0 Å². The third-order valence-corrected chi connectivity index (χ3v) is 1.79. The van der Waals surface area contributed by atoms with Crippen molar-refractivity contribution in [1.82, 2.24) is 0 Å². The summed E-state index contributed by atoms with van der Waals surface area (Å²) in [6.07, 6.45) is -0.874. The summed E-state index contributed by atoms with van der Waals surface area (Å²) in [4.78, 5) is 10.2. The summed E-state index contributed by atoms with van der Waals surface area (Å²) < 4.78 is 17.6. The number of halogens is 1. The zero-order valence-electron chi connectivity index (χ0n) is 8.37. The second-order valence-corrected chi connectivity index (χ2v) is 2.87. The van der Waals surface area contributed by atoms with Crippen molar-refractivity contribution in [3.63, 3.8) is 0 Å². The van der Waals surface area contributed by atoms with Crippen molar-refractivity contribution in [2.24, 2.45) is 5.73 Å². The maximum absolute atomic E-state index is 13.1. The van der Waals surface area contributed by atoms with E-state index >= 15 is 0 Å². The smallest absolute Gasteiger partial charge is 0.404 e. The zero-order chi connectivity index (χ0) is 12.0. The standard InChI is InChI=1S/C10H10FN3O2/c11-8-2-1-3-9(7(8)6-12)14-4-5-16-10(13)15/h1-3,14H,4-5H2,(H2,13,15). The van der Waals surface area contributed by atoms with Crippen LogP contribution >= 0.6 is 0 Å². The first-order chi connectivity index (χ1) is 7.65. The highest BCUT2D eigenvalue weighted by Crippen LogP contribution is 2.17. The van der Waals surface area contributed by atoms with Gasteiger partial charge in [-0.3, -0.25) is 0 Å². The van der Waals surface area contributed by atoms with Crippen molar-refractivity contribution < 1.29 is 13.9 Å². The number of amides is 1. The molecule has 1 rings (SSSR count). The number of benzene rings is 1. The first-order valence-electron chi connectivity index (χ1n) is 4.50. The molecule has 84 valence electrons. The highest BCUT2D eigenvalue weighted by Gasteiger charge is 2.06. The average Bonchev–Trinajstić information content (AvgIpc) is 2.24. The van der Waals surface area contributed by atoms with Crippen LogP contribution in [-0.4, -0.2) is 19.2 Å². The first-order valence-corrected chi connectivity index (χ1v) is 4.50. The third-order valence-electron chi connectivity index (χ3n) is 1.79. The number of primary amides is 1. The lowest BCUT2D eigenvalue weighted by atomic mass is 10.2. The zero-order valence-corrected chi connectivity index (χ0v) is 8.37. The van der Waals surface area contributed by atoms with Gasteiger partial charge in [0.15, 0.2) is 0 Å². The molecule has 0 aliphatic heterocycles. The molecule has 0 radical (unpaired) electrons. The van der Waals surface area contributed by atoms with Gasteiger partial charge in [0.05, 0.1) is 5.69 Å². The molecule has 16 heavy (non-hydrogen) atoms. The number of hydrogen-bond acceptors (Lipinski definition) is 4. The van der Waals surface area contributed by atoms with Crippen molar-refractivity contribution in [3.8, 4) is 6.07 Å². The van der Waals surface area contributed by atoms with Gasteiger partial charge >= 0.3 is 6.09 Å². The molecular formula is C10H10FN3O2. The lowest BCUT2D eigenvalue weighted by Crippen LogP contribution is -2.18. The number of carbonyl (C=O) groups is 1. The molecule has 1 aromatic rings. The van der Waals surface area contributed by atoms with E-state index in [1.807, 2.05) is 0 Å². The number of ether oxygens (including phenoxy) is 1. The van der Waals surface area contributed by atoms with E-state index < -0.39 is 11.9 Å². The van der Waals surface area contributed by atoms with Crippen LogP contribution in [0.2, 0.25) is 0 Å². The number of anilines is 1. The monoisotopic (exact) mass is 223 g/mol. The summed E-state index contributed by atoms with van der Waals surface area (Å²) in [6.45, 7) is 0.303. The predicted octanol–water partition coefficient (Wildman–Crippen LogP) is 1.20. The normalized spacial score (nSPS) is 9.25. The van der Waals surface area contributed by atoms with Crippen molar-refractivity contribution in [1.29, 1.82) is 5.26 Å². The lowest BCUT2D eigenvalue weighted by Gasteiger charge is -2.08. The average molecular weight is 223 g/mol. The Balaban J connectivity index is 2.58. The Hall–Kier alpha value is -2.29. The fraction of sp³-hybridized carbons (Fsp3) is 0.200. The van der Waals surface area contributed by atoms with Gasteiger partial charge in [-0.05, 0) is 12.1 Å². The van der Waals surface area contributed by atoms with E-state index in [1.54, 1.807) is 12.1 Å². The lowest BCUT2D eigenvalue weighted by molar-refractivity contribution is 0.161. The number of nitrogens with zero attached hydrogens (tertiary/aromatic N) is 1. The summed E-state index contributed by atoms with van der Waals surface area (Å²) in [5.41, 5.74) is 5.04. The molecule has 0 unspecified atom stereocenters. The Morgan fingerprint density at radius 2 is 2.38 bits per heavy atom. The van der Waals surface area contributed by atoms with E-state index in [4.69, 9.17) is 11.0 Å². The molecule has 3 N–H and O–H groups in total. The van der Waals surface area contributed by atoms with E-state index in [9.17, 15) is 9.18 Å². The molecule has 6 heteroatoms. The largest absolute Gasteiger partial charge is 0.448 e. The van der Waals surface area contributed by atoms with Gasteiger partial charge in [0.1, 0.15) is 24.1 Å². The van der Waals surface area contributed by atoms with Crippen molar-refractivity contribution >= 4 is 11.8 Å². The molecular weight excluding hydrogens is 213 g/mol. The van der Waals surface area contributed by atoms with Crippen LogP contribution in [-0.2, 0) is 4.74 Å². The number of carbonyl (C=O) groups excluding carboxylic acids is 1. The van der Waals surface area contributed by atoms with Crippen LogP contribution in [0.4, 0.5) is 14.9 Å². The van der Waals surface area contributed by atoms with Crippen molar-refractivity contribution in [3.05, 3.63) is 29.6 Å². The van der Waals surface area contributed by atoms with Gasteiger partial charge in [0, 0.05) is 6.54 Å². The van der Waals surface area contributed by atoms with E-state index in [0.717, 1.165) is 0 Å². The van der Waals surface area contributed by atoms with E-state index in [1.165, 1.54) is 12.1 Å². The minimum Gasteiger partial charge on any atom is -0.448 e. The third kappa shape index (κ3) is 3.13. The Bertz CT molecular complexity index is 429. The Labute approximate surface area is 91.6 Å². The Morgan fingerprint density at radius 3 is 3.00 bits per heavy atom. The minimum absolute atomic E-state index is 0.0523. The fourth-order valence-corrected chi connectivity index (χ4v) is 1.12. The summed E-state index contributed by atoms with van der Waals surface area (Å²) >= 11 is 0. The van der Waals surface area contributed by atoms with Crippen LogP contribution in [0.15, 0.2) is 18.2 Å². The number of hydrogen-bond donors (Lipinski definition) is 2. The molecule has 0 bridgehead atoms. The SMILES string of the molecule is N#Cc1c(F)cccc1NCCOC(N)=O. The number of rotatable bonds is 4. The van der Waals surface area contributed by atoms with E-state index in [0.29, 0.717) is 5.69 Å². The van der Waals surface area contributed by atoms with Crippen LogP contribution in [0.5, 0.6) is 0 Å². The summed E-state index contributed by atoms with van der Waals surface area (Å²) in [5, 5.41) is 11.5. The van der Waals surface area contributed by atoms with Gasteiger partial charge in [-0.15, -0.1) is 0 Å². The number of nitrogens with two attached hydrogens (primary N) is 1. The minimum atomic E-state index is -0.874. The highest BCUT2D eigenvalue weighted by atomic mass is 19.1. The highest BCUT2D eigenvalue weighted by molar-refractivity contribution is 5.64. The maximum Gasteiger partial charge on any atom is 0.404 e. The molecule has 0 saturated carbocycles. The fourth-order valence-electron chi connectivity index (χ4n) is 1.12. The van der Waals surface area contributed by atoms with Gasteiger partial charge in [-0.1, -0.05) is 6.07 Å². The van der Waals surface area contributed by atoms with Crippen LogP contribution in [0.1, 0.15) is 5.56 Å². The second-order valence-electron chi connectivity index (χ2n) is 2.87. The van der Waals surface area contributed by atoms with Gasteiger partial charge < -0.3 is 15.8 Å². The molecule has 0 saturated heterocycles. The van der Waals surface area contributed by atoms with Crippen molar-refractivity contribution in [2.45, 2.75) is 0 Å². The van der Waals surface area contributed by atoms with Gasteiger partial charge in [0.25, 0.3) is 0 Å². The van der Waals surface area contributed by atoms with E-state index in [-0.39, 0.29) is 18.7 Å². The van der Waals surface area contributed by atoms with Crippen LogP contribution in [0, 0.1) is 17.1 Å². The molecule has 0 aromatic heterocycles. The van der Waals surface area contributed by atoms with Gasteiger partial charge in [-0.25, -0.2) is 9.18 Å². The Morgan fingerprint density at radius 1 is 1.62 bits per heavy atom. The van der Waals surface area contributed by atoms with Crippen LogP contribution in [0.25, 0.3) is 0 Å². The van der Waals surface area contributed by atoms with E-state index in [2.05, 4.69) is 10.1 Å². The maximum atomic E-state index is 13.1. The van der Waals surface area contributed by atoms with Crippen LogP contribution < -0.4 is 11.1 Å². The number of nitrogens with one attached hydrogen (secondary N) is 1.